The Labute approximate surface area is 131 Å². The second-order valence-electron chi connectivity index (χ2n) is 3.58. The lowest BCUT2D eigenvalue weighted by Gasteiger charge is -2.00. The van der Waals surface area contributed by atoms with E-state index in [0.717, 1.165) is 39.8 Å². The Bertz CT molecular complexity index is 745. The average molecular weight is 484 g/mol. The molecule has 3 rings (SSSR count). The van der Waals surface area contributed by atoms with E-state index in [2.05, 4.69) is 69.8 Å². The number of hydrogen-bond acceptors (Lipinski definition) is 1. The van der Waals surface area contributed by atoms with Crippen molar-refractivity contribution in [2.45, 2.75) is 0 Å². The first kappa shape index (κ1) is 12.2. The summed E-state index contributed by atoms with van der Waals surface area (Å²) in [6.07, 6.45) is 0. The summed E-state index contributed by atoms with van der Waals surface area (Å²) in [7, 11) is 0. The second kappa shape index (κ2) is 4.37. The van der Waals surface area contributed by atoms with E-state index in [1.54, 1.807) is 0 Å². The minimum absolute atomic E-state index is 0.855. The molecule has 2 aromatic carbocycles. The van der Waals surface area contributed by atoms with Gasteiger partial charge in [-0.15, -0.1) is 0 Å². The molecule has 0 aliphatic rings. The third-order valence-electron chi connectivity index (χ3n) is 2.57. The van der Waals surface area contributed by atoms with Crippen LogP contribution in [-0.4, -0.2) is 0 Å². The van der Waals surface area contributed by atoms with E-state index in [-0.39, 0.29) is 0 Å². The van der Waals surface area contributed by atoms with Crippen LogP contribution in [0.3, 0.4) is 0 Å². The summed E-state index contributed by atoms with van der Waals surface area (Å²) < 4.78 is 9.79. The first-order valence-corrected chi connectivity index (χ1v) is 7.91. The van der Waals surface area contributed by atoms with Crippen LogP contribution in [0.15, 0.2) is 46.6 Å². The third kappa shape index (κ3) is 1.82. The van der Waals surface area contributed by atoms with Gasteiger partial charge in [0.15, 0.2) is 0 Å². The molecule has 17 heavy (non-hydrogen) atoms. The first-order chi connectivity index (χ1) is 8.09. The third-order valence-corrected chi connectivity index (χ3v) is 6.51. The number of halogens is 4. The van der Waals surface area contributed by atoms with Crippen LogP contribution in [0.25, 0.3) is 21.9 Å². The highest BCUT2D eigenvalue weighted by Crippen LogP contribution is 2.43. The van der Waals surface area contributed by atoms with Crippen LogP contribution in [-0.2, 0) is 0 Å². The SMILES string of the molecule is Brc1cc2oc3c(Br)cccc3c2c(Br)c1Br. The summed E-state index contributed by atoms with van der Waals surface area (Å²) in [5, 5.41) is 2.17. The molecule has 86 valence electrons. The molecule has 0 atom stereocenters. The van der Waals surface area contributed by atoms with Crippen LogP contribution in [0.1, 0.15) is 0 Å². The predicted molar refractivity (Wildman–Crippen MR) is 84.5 cm³/mol. The van der Waals surface area contributed by atoms with Crippen molar-refractivity contribution in [2.24, 2.45) is 0 Å². The Morgan fingerprint density at radius 3 is 2.41 bits per heavy atom. The van der Waals surface area contributed by atoms with E-state index in [1.807, 2.05) is 18.2 Å². The Hall–Kier alpha value is 0.160. The fraction of sp³-hybridized carbons (Fsp3) is 0. The van der Waals surface area contributed by atoms with E-state index in [1.165, 1.54) is 0 Å². The van der Waals surface area contributed by atoms with Gasteiger partial charge < -0.3 is 4.42 Å². The highest BCUT2D eigenvalue weighted by Gasteiger charge is 2.15. The normalized spacial score (nSPS) is 11.5. The molecule has 0 bridgehead atoms. The van der Waals surface area contributed by atoms with Gasteiger partial charge in [-0.25, -0.2) is 0 Å². The van der Waals surface area contributed by atoms with Crippen molar-refractivity contribution in [1.29, 1.82) is 0 Å². The summed E-state index contributed by atoms with van der Waals surface area (Å²) in [6.45, 7) is 0. The number of furan rings is 1. The summed E-state index contributed by atoms with van der Waals surface area (Å²) in [6, 6.07) is 8.00. The fourth-order valence-corrected chi connectivity index (χ4v) is 3.88. The zero-order valence-corrected chi connectivity index (χ0v) is 14.6. The molecule has 0 radical (unpaired) electrons. The summed E-state index contributed by atoms with van der Waals surface area (Å²) in [4.78, 5) is 0. The van der Waals surface area contributed by atoms with Gasteiger partial charge in [0.2, 0.25) is 0 Å². The topological polar surface area (TPSA) is 13.1 Å². The van der Waals surface area contributed by atoms with Gasteiger partial charge in [0.25, 0.3) is 0 Å². The largest absolute Gasteiger partial charge is 0.455 e. The highest BCUT2D eigenvalue weighted by molar-refractivity contribution is 9.14. The fourth-order valence-electron chi connectivity index (χ4n) is 1.82. The molecule has 0 N–H and O–H groups in total. The van der Waals surface area contributed by atoms with Crippen LogP contribution in [0.5, 0.6) is 0 Å². The second-order valence-corrected chi connectivity index (χ2v) is 6.87. The molecule has 0 saturated carbocycles. The van der Waals surface area contributed by atoms with Gasteiger partial charge in [-0.2, -0.15) is 0 Å². The summed E-state index contributed by atoms with van der Waals surface area (Å²) >= 11 is 14.1. The van der Waals surface area contributed by atoms with Crippen molar-refractivity contribution >= 4 is 85.7 Å². The van der Waals surface area contributed by atoms with E-state index in [9.17, 15) is 0 Å². The lowest BCUT2D eigenvalue weighted by molar-refractivity contribution is 0.666. The van der Waals surface area contributed by atoms with Crippen molar-refractivity contribution in [2.75, 3.05) is 0 Å². The number of para-hydroxylation sites is 1. The summed E-state index contributed by atoms with van der Waals surface area (Å²) in [5.74, 6) is 0. The van der Waals surface area contributed by atoms with Crippen molar-refractivity contribution in [1.82, 2.24) is 0 Å². The monoisotopic (exact) mass is 480 g/mol. The molecule has 1 heterocycles. The minimum Gasteiger partial charge on any atom is -0.455 e. The van der Waals surface area contributed by atoms with Crippen molar-refractivity contribution < 1.29 is 4.42 Å². The lowest BCUT2D eigenvalue weighted by atomic mass is 10.1. The van der Waals surface area contributed by atoms with Gasteiger partial charge in [-0.3, -0.25) is 0 Å². The maximum Gasteiger partial charge on any atom is 0.149 e. The van der Waals surface area contributed by atoms with Gasteiger partial charge in [0.05, 0.1) is 4.47 Å². The molecule has 1 nitrogen and oxygen atoms in total. The summed E-state index contributed by atoms with van der Waals surface area (Å²) in [5.41, 5.74) is 1.72. The molecule has 1 aromatic heterocycles. The molecule has 0 saturated heterocycles. The lowest BCUT2D eigenvalue weighted by Crippen LogP contribution is -1.75. The van der Waals surface area contributed by atoms with Crippen LogP contribution < -0.4 is 0 Å². The molecule has 0 amide bonds. The van der Waals surface area contributed by atoms with Crippen LogP contribution >= 0.6 is 63.7 Å². The Balaban J connectivity index is 2.62. The first-order valence-electron chi connectivity index (χ1n) is 4.74. The molecule has 0 fully saturated rings. The smallest absolute Gasteiger partial charge is 0.149 e. The molecular formula is C12H4Br4O. The zero-order valence-electron chi connectivity index (χ0n) is 8.23. The number of fused-ring (bicyclic) bond motifs is 3. The van der Waals surface area contributed by atoms with Crippen molar-refractivity contribution in [3.63, 3.8) is 0 Å². The maximum absolute atomic E-state index is 5.87. The number of rotatable bonds is 0. The van der Waals surface area contributed by atoms with Gasteiger partial charge >= 0.3 is 0 Å². The number of hydrogen-bond donors (Lipinski definition) is 0. The predicted octanol–water partition coefficient (Wildman–Crippen LogP) is 6.64. The van der Waals surface area contributed by atoms with Gasteiger partial charge in [0, 0.05) is 24.2 Å². The van der Waals surface area contributed by atoms with E-state index < -0.39 is 0 Å². The Morgan fingerprint density at radius 1 is 0.882 bits per heavy atom. The Morgan fingerprint density at radius 2 is 1.65 bits per heavy atom. The maximum atomic E-state index is 5.87. The van der Waals surface area contributed by atoms with Crippen molar-refractivity contribution in [3.8, 4) is 0 Å². The molecule has 5 heteroatoms. The van der Waals surface area contributed by atoms with Crippen molar-refractivity contribution in [3.05, 3.63) is 42.2 Å². The van der Waals surface area contributed by atoms with E-state index in [0.29, 0.717) is 0 Å². The van der Waals surface area contributed by atoms with Crippen LogP contribution in [0, 0.1) is 0 Å². The molecular weight excluding hydrogens is 480 g/mol. The molecule has 0 aliphatic heterocycles. The molecule has 0 unspecified atom stereocenters. The standard InChI is InChI=1S/C12H4Br4O/c13-6-3-1-2-5-9-8(17-12(5)6)4-7(14)10(15)11(9)16/h1-4H. The Kier molecular flexibility index (Phi) is 3.14. The highest BCUT2D eigenvalue weighted by atomic mass is 79.9. The molecule has 3 aromatic rings. The quantitative estimate of drug-likeness (QED) is 0.327. The minimum atomic E-state index is 0.855. The molecule has 0 spiro atoms. The van der Waals surface area contributed by atoms with Gasteiger partial charge in [-0.05, 0) is 75.9 Å². The van der Waals surface area contributed by atoms with Crippen LogP contribution in [0.2, 0.25) is 0 Å². The molecule has 0 aliphatic carbocycles. The van der Waals surface area contributed by atoms with Gasteiger partial charge in [-0.1, -0.05) is 12.1 Å². The average Bonchev–Trinajstić information content (AvgIpc) is 2.66. The number of benzene rings is 2. The van der Waals surface area contributed by atoms with E-state index in [4.69, 9.17) is 4.42 Å². The van der Waals surface area contributed by atoms with E-state index >= 15 is 0 Å². The van der Waals surface area contributed by atoms with Crippen LogP contribution in [0.4, 0.5) is 0 Å². The zero-order chi connectivity index (χ0) is 12.2. The van der Waals surface area contributed by atoms with Gasteiger partial charge in [0.1, 0.15) is 11.2 Å².